The summed E-state index contributed by atoms with van der Waals surface area (Å²) >= 11 is 5.95. The van der Waals surface area contributed by atoms with E-state index >= 15 is 0 Å². The van der Waals surface area contributed by atoms with Crippen LogP contribution in [0.4, 0.5) is 0 Å². The van der Waals surface area contributed by atoms with Crippen molar-refractivity contribution in [1.82, 2.24) is 5.32 Å². The molecule has 0 amide bonds. The van der Waals surface area contributed by atoms with Crippen molar-refractivity contribution in [1.29, 1.82) is 0 Å². The third kappa shape index (κ3) is 4.20. The standard InChI is InChI=1S/C17H19BrINO/c1-11-4-7-17(21-3)12(8-11)9-16(20-2)14-10-13(18)5-6-15(14)19/h4-8,10,16,20H,9H2,1-3H3. The zero-order valence-electron chi connectivity index (χ0n) is 12.4. The van der Waals surface area contributed by atoms with E-state index in [0.29, 0.717) is 0 Å². The monoisotopic (exact) mass is 459 g/mol. The van der Waals surface area contributed by atoms with Crippen LogP contribution in [0.3, 0.4) is 0 Å². The van der Waals surface area contributed by atoms with Crippen molar-refractivity contribution in [2.24, 2.45) is 0 Å². The maximum atomic E-state index is 5.50. The van der Waals surface area contributed by atoms with Gasteiger partial charge in [-0.3, -0.25) is 0 Å². The second-order valence-corrected chi connectivity index (χ2v) is 7.10. The van der Waals surface area contributed by atoms with E-state index in [1.807, 2.05) is 13.1 Å². The first-order chi connectivity index (χ1) is 10.0. The second-order valence-electron chi connectivity index (χ2n) is 5.03. The van der Waals surface area contributed by atoms with Crippen LogP contribution in [0.1, 0.15) is 22.7 Å². The number of methoxy groups -OCH3 is 1. The van der Waals surface area contributed by atoms with Gasteiger partial charge in [-0.1, -0.05) is 33.6 Å². The van der Waals surface area contributed by atoms with Gasteiger partial charge < -0.3 is 10.1 Å². The smallest absolute Gasteiger partial charge is 0.122 e. The number of likely N-dealkylation sites (N-methyl/N-ethyl adjacent to an activating group) is 1. The Morgan fingerprint density at radius 2 is 2.00 bits per heavy atom. The van der Waals surface area contributed by atoms with Crippen LogP contribution in [0.25, 0.3) is 0 Å². The largest absolute Gasteiger partial charge is 0.496 e. The zero-order valence-corrected chi connectivity index (χ0v) is 16.2. The van der Waals surface area contributed by atoms with Gasteiger partial charge in [0, 0.05) is 14.1 Å². The van der Waals surface area contributed by atoms with Gasteiger partial charge >= 0.3 is 0 Å². The molecule has 2 aromatic carbocycles. The summed E-state index contributed by atoms with van der Waals surface area (Å²) in [7, 11) is 3.73. The van der Waals surface area contributed by atoms with Gasteiger partial charge in [0.25, 0.3) is 0 Å². The minimum Gasteiger partial charge on any atom is -0.496 e. The summed E-state index contributed by atoms with van der Waals surface area (Å²) in [6.07, 6.45) is 0.897. The number of rotatable bonds is 5. The Morgan fingerprint density at radius 1 is 1.24 bits per heavy atom. The molecule has 0 aliphatic carbocycles. The summed E-state index contributed by atoms with van der Waals surface area (Å²) in [4.78, 5) is 0. The van der Waals surface area contributed by atoms with Crippen LogP contribution in [0.2, 0.25) is 0 Å². The maximum Gasteiger partial charge on any atom is 0.122 e. The fraction of sp³-hybridized carbons (Fsp3) is 0.294. The molecular formula is C17H19BrINO. The highest BCUT2D eigenvalue weighted by Crippen LogP contribution is 2.29. The minimum absolute atomic E-state index is 0.255. The molecule has 2 rings (SSSR count). The first-order valence-electron chi connectivity index (χ1n) is 6.81. The van der Waals surface area contributed by atoms with Crippen molar-refractivity contribution in [3.05, 3.63) is 61.1 Å². The van der Waals surface area contributed by atoms with Crippen molar-refractivity contribution >= 4 is 38.5 Å². The van der Waals surface area contributed by atoms with E-state index in [-0.39, 0.29) is 6.04 Å². The molecule has 0 bridgehead atoms. The summed E-state index contributed by atoms with van der Waals surface area (Å²) in [5, 5.41) is 3.42. The predicted molar refractivity (Wildman–Crippen MR) is 100 cm³/mol. The number of hydrogen-bond donors (Lipinski definition) is 1. The van der Waals surface area contributed by atoms with Gasteiger partial charge in [0.2, 0.25) is 0 Å². The van der Waals surface area contributed by atoms with E-state index in [1.165, 1.54) is 20.3 Å². The van der Waals surface area contributed by atoms with E-state index in [2.05, 4.69) is 81.1 Å². The van der Waals surface area contributed by atoms with Gasteiger partial charge in [-0.25, -0.2) is 0 Å². The molecule has 0 saturated heterocycles. The topological polar surface area (TPSA) is 21.3 Å². The van der Waals surface area contributed by atoms with Crippen LogP contribution >= 0.6 is 38.5 Å². The summed E-state index contributed by atoms with van der Waals surface area (Å²) in [5.74, 6) is 0.950. The molecule has 112 valence electrons. The van der Waals surface area contributed by atoms with E-state index in [4.69, 9.17) is 4.74 Å². The first-order valence-corrected chi connectivity index (χ1v) is 8.68. The number of hydrogen-bond acceptors (Lipinski definition) is 2. The van der Waals surface area contributed by atoms with E-state index in [0.717, 1.165) is 16.6 Å². The average Bonchev–Trinajstić information content (AvgIpc) is 2.47. The lowest BCUT2D eigenvalue weighted by Gasteiger charge is -2.20. The van der Waals surface area contributed by atoms with Crippen LogP contribution in [0.15, 0.2) is 40.9 Å². The van der Waals surface area contributed by atoms with Gasteiger partial charge in [0.05, 0.1) is 7.11 Å². The highest BCUT2D eigenvalue weighted by Gasteiger charge is 2.16. The maximum absolute atomic E-state index is 5.50. The number of ether oxygens (including phenoxy) is 1. The molecule has 0 fully saturated rings. The third-order valence-electron chi connectivity index (χ3n) is 3.54. The van der Waals surface area contributed by atoms with E-state index in [9.17, 15) is 0 Å². The Bertz CT molecular complexity index is 630. The van der Waals surface area contributed by atoms with Crippen molar-refractivity contribution in [2.45, 2.75) is 19.4 Å². The molecule has 1 atom stereocenters. The number of benzene rings is 2. The number of aryl methyl sites for hydroxylation is 1. The molecule has 0 heterocycles. The lowest BCUT2D eigenvalue weighted by atomic mass is 9.97. The first kappa shape index (κ1) is 16.8. The molecule has 0 saturated carbocycles. The summed E-state index contributed by atoms with van der Waals surface area (Å²) < 4.78 is 7.87. The lowest BCUT2D eigenvalue weighted by molar-refractivity contribution is 0.406. The van der Waals surface area contributed by atoms with E-state index < -0.39 is 0 Å². The molecule has 0 aliphatic heterocycles. The van der Waals surface area contributed by atoms with Crippen molar-refractivity contribution in [3.63, 3.8) is 0 Å². The van der Waals surface area contributed by atoms with Crippen LogP contribution in [-0.2, 0) is 6.42 Å². The molecule has 4 heteroatoms. The van der Waals surface area contributed by atoms with Gasteiger partial charge in [0.1, 0.15) is 5.75 Å². The molecule has 0 aliphatic rings. The predicted octanol–water partition coefficient (Wildman–Crippen LogP) is 4.87. The second kappa shape index (κ2) is 7.61. The van der Waals surface area contributed by atoms with Crippen LogP contribution < -0.4 is 10.1 Å². The summed E-state index contributed by atoms with van der Waals surface area (Å²) in [6.45, 7) is 2.11. The van der Waals surface area contributed by atoms with Crippen molar-refractivity contribution in [3.8, 4) is 5.75 Å². The van der Waals surface area contributed by atoms with E-state index in [1.54, 1.807) is 7.11 Å². The van der Waals surface area contributed by atoms with Crippen LogP contribution in [0, 0.1) is 10.5 Å². The lowest BCUT2D eigenvalue weighted by Crippen LogP contribution is -2.20. The molecule has 2 aromatic rings. The SMILES string of the molecule is CNC(Cc1cc(C)ccc1OC)c1cc(Br)ccc1I. The van der Waals surface area contributed by atoms with Gasteiger partial charge in [-0.05, 0) is 78.4 Å². The summed E-state index contributed by atoms with van der Waals surface area (Å²) in [5.41, 5.74) is 3.79. The average molecular weight is 460 g/mol. The molecule has 21 heavy (non-hydrogen) atoms. The fourth-order valence-electron chi connectivity index (χ4n) is 2.44. The van der Waals surface area contributed by atoms with Gasteiger partial charge in [0.15, 0.2) is 0 Å². The Hall–Kier alpha value is -0.590. The van der Waals surface area contributed by atoms with Gasteiger partial charge in [-0.15, -0.1) is 0 Å². The van der Waals surface area contributed by atoms with Gasteiger partial charge in [-0.2, -0.15) is 0 Å². The molecule has 0 spiro atoms. The van der Waals surface area contributed by atoms with Crippen molar-refractivity contribution < 1.29 is 4.74 Å². The third-order valence-corrected chi connectivity index (χ3v) is 5.02. The molecule has 1 unspecified atom stereocenters. The number of halogens is 2. The highest BCUT2D eigenvalue weighted by molar-refractivity contribution is 14.1. The number of nitrogens with one attached hydrogen (secondary N) is 1. The molecule has 0 radical (unpaired) electrons. The Balaban J connectivity index is 2.35. The quantitative estimate of drug-likeness (QED) is 0.643. The molecule has 1 N–H and O–H groups in total. The molecule has 0 aromatic heterocycles. The van der Waals surface area contributed by atoms with Crippen LogP contribution in [0.5, 0.6) is 5.75 Å². The normalized spacial score (nSPS) is 12.2. The minimum atomic E-state index is 0.255. The highest BCUT2D eigenvalue weighted by atomic mass is 127. The van der Waals surface area contributed by atoms with Crippen LogP contribution in [-0.4, -0.2) is 14.2 Å². The molecule has 2 nitrogen and oxygen atoms in total. The Morgan fingerprint density at radius 3 is 2.67 bits per heavy atom. The molecular weight excluding hydrogens is 441 g/mol. The summed E-state index contributed by atoms with van der Waals surface area (Å²) in [6, 6.07) is 13.0. The van der Waals surface area contributed by atoms with Crippen molar-refractivity contribution in [2.75, 3.05) is 14.2 Å². The Kier molecular flexibility index (Phi) is 6.08. The Labute approximate surface area is 148 Å². The zero-order chi connectivity index (χ0) is 15.4. The fourth-order valence-corrected chi connectivity index (χ4v) is 3.53.